The number of hydrogen-bond donors (Lipinski definition) is 4. The van der Waals surface area contributed by atoms with E-state index in [9.17, 15) is 23.5 Å². The fraction of sp³-hybridized carbons (Fsp3) is 0.448. The SMILES string of the molecule is CCCN(CCC)C(=O)c1cc(C)cc(C(=O)NC(Cc2cc(F)cc(F)c2)C(O)CCC(=N)CC=N)c1. The van der Waals surface area contributed by atoms with Crippen molar-refractivity contribution in [2.24, 2.45) is 0 Å². The molecule has 0 aliphatic carbocycles. The second-order valence-corrected chi connectivity index (χ2v) is 9.56. The van der Waals surface area contributed by atoms with Gasteiger partial charge in [-0.3, -0.25) is 9.59 Å². The first-order valence-electron chi connectivity index (χ1n) is 13.0. The van der Waals surface area contributed by atoms with Crippen LogP contribution in [-0.4, -0.2) is 59.0 Å². The average Bonchev–Trinajstić information content (AvgIpc) is 2.85. The molecule has 2 unspecified atom stereocenters. The molecule has 2 aromatic rings. The van der Waals surface area contributed by atoms with Crippen molar-refractivity contribution in [3.63, 3.8) is 0 Å². The minimum Gasteiger partial charge on any atom is -0.391 e. The second-order valence-electron chi connectivity index (χ2n) is 9.56. The van der Waals surface area contributed by atoms with Crippen LogP contribution in [0.5, 0.6) is 0 Å². The van der Waals surface area contributed by atoms with Crippen LogP contribution in [0.2, 0.25) is 0 Å². The van der Waals surface area contributed by atoms with E-state index < -0.39 is 29.7 Å². The summed E-state index contributed by atoms with van der Waals surface area (Å²) in [6, 6.07) is 7.02. The summed E-state index contributed by atoms with van der Waals surface area (Å²) < 4.78 is 27.6. The second kappa shape index (κ2) is 15.1. The molecule has 4 N–H and O–H groups in total. The van der Waals surface area contributed by atoms with Gasteiger partial charge in [0, 0.05) is 48.6 Å². The number of benzene rings is 2. The molecule has 0 aliphatic heterocycles. The molecule has 38 heavy (non-hydrogen) atoms. The molecule has 2 atom stereocenters. The van der Waals surface area contributed by atoms with Gasteiger partial charge in [-0.15, -0.1) is 0 Å². The molecular weight excluding hydrogens is 490 g/mol. The van der Waals surface area contributed by atoms with Gasteiger partial charge in [0.25, 0.3) is 11.8 Å². The highest BCUT2D eigenvalue weighted by atomic mass is 19.1. The smallest absolute Gasteiger partial charge is 0.253 e. The van der Waals surface area contributed by atoms with Crippen LogP contribution >= 0.6 is 0 Å². The van der Waals surface area contributed by atoms with Crippen molar-refractivity contribution in [3.05, 3.63) is 70.3 Å². The van der Waals surface area contributed by atoms with Gasteiger partial charge < -0.3 is 26.1 Å². The number of carbonyl (C=O) groups is 2. The molecule has 2 amide bonds. The number of aliphatic hydroxyl groups is 1. The largest absolute Gasteiger partial charge is 0.391 e. The highest BCUT2D eigenvalue weighted by molar-refractivity contribution is 6.00. The van der Waals surface area contributed by atoms with Crippen LogP contribution in [0.15, 0.2) is 36.4 Å². The number of carbonyl (C=O) groups excluding carboxylic acids is 2. The number of aliphatic hydroxyl groups excluding tert-OH is 1. The van der Waals surface area contributed by atoms with Gasteiger partial charge >= 0.3 is 0 Å². The molecule has 2 aromatic carbocycles. The Bertz CT molecular complexity index is 1110. The van der Waals surface area contributed by atoms with E-state index >= 15 is 0 Å². The third-order valence-corrected chi connectivity index (χ3v) is 6.11. The van der Waals surface area contributed by atoms with Gasteiger partial charge in [0.2, 0.25) is 0 Å². The Labute approximate surface area is 223 Å². The van der Waals surface area contributed by atoms with E-state index in [4.69, 9.17) is 10.8 Å². The number of nitrogens with zero attached hydrogens (tertiary/aromatic N) is 1. The summed E-state index contributed by atoms with van der Waals surface area (Å²) in [5.74, 6) is -2.23. The van der Waals surface area contributed by atoms with Crippen LogP contribution in [0.3, 0.4) is 0 Å². The third kappa shape index (κ3) is 9.45. The maximum absolute atomic E-state index is 13.8. The summed E-state index contributed by atoms with van der Waals surface area (Å²) in [6.07, 6.45) is 2.04. The van der Waals surface area contributed by atoms with Crippen LogP contribution in [0.4, 0.5) is 8.78 Å². The van der Waals surface area contributed by atoms with E-state index in [0.29, 0.717) is 18.7 Å². The van der Waals surface area contributed by atoms with Crippen molar-refractivity contribution in [1.29, 1.82) is 10.8 Å². The molecule has 9 heteroatoms. The topological polar surface area (TPSA) is 117 Å². The zero-order valence-electron chi connectivity index (χ0n) is 22.3. The van der Waals surface area contributed by atoms with E-state index in [2.05, 4.69) is 5.32 Å². The summed E-state index contributed by atoms with van der Waals surface area (Å²) in [5, 5.41) is 28.7. The summed E-state index contributed by atoms with van der Waals surface area (Å²) in [4.78, 5) is 28.2. The van der Waals surface area contributed by atoms with Crippen molar-refractivity contribution >= 4 is 23.7 Å². The fourth-order valence-corrected chi connectivity index (χ4v) is 4.34. The van der Waals surface area contributed by atoms with E-state index in [1.54, 1.807) is 24.0 Å². The lowest BCUT2D eigenvalue weighted by molar-refractivity contribution is 0.0755. The highest BCUT2D eigenvalue weighted by Gasteiger charge is 2.24. The molecule has 0 aliphatic rings. The lowest BCUT2D eigenvalue weighted by Crippen LogP contribution is -2.45. The minimum absolute atomic E-state index is 0.0438. The molecule has 0 bridgehead atoms. The number of aryl methyl sites for hydroxylation is 1. The lowest BCUT2D eigenvalue weighted by Gasteiger charge is -2.25. The molecule has 0 radical (unpaired) electrons. The number of halogens is 2. The Morgan fingerprint density at radius 1 is 1.03 bits per heavy atom. The Morgan fingerprint density at radius 2 is 1.63 bits per heavy atom. The standard InChI is InChI=1S/C29H38F2N4O3/c1-4-10-35(11-5-2)29(38)22-13-19(3)12-21(17-22)28(37)34-26(27(36)7-6-25(33)8-9-32)16-20-14-23(30)18-24(31)15-20/h9,12-15,17-18,26-27,32-33,36H,4-8,10-11,16H2,1-3H3,(H,34,37). The van der Waals surface area contributed by atoms with Gasteiger partial charge in [0.15, 0.2) is 0 Å². The Hall–Kier alpha value is -3.46. The Balaban J connectivity index is 2.31. The summed E-state index contributed by atoms with van der Waals surface area (Å²) in [6.45, 7) is 6.98. The predicted molar refractivity (Wildman–Crippen MR) is 145 cm³/mol. The van der Waals surface area contributed by atoms with E-state index in [-0.39, 0.29) is 48.4 Å². The van der Waals surface area contributed by atoms with E-state index in [1.807, 2.05) is 13.8 Å². The molecule has 2 rings (SSSR count). The first-order chi connectivity index (χ1) is 18.1. The minimum atomic E-state index is -1.12. The highest BCUT2D eigenvalue weighted by Crippen LogP contribution is 2.17. The summed E-state index contributed by atoms with van der Waals surface area (Å²) in [5.41, 5.74) is 1.86. The summed E-state index contributed by atoms with van der Waals surface area (Å²) in [7, 11) is 0. The Morgan fingerprint density at radius 3 is 2.21 bits per heavy atom. The number of rotatable bonds is 15. The van der Waals surface area contributed by atoms with Crippen LogP contribution < -0.4 is 5.32 Å². The Kier molecular flexibility index (Phi) is 12.2. The molecule has 7 nitrogen and oxygen atoms in total. The van der Waals surface area contributed by atoms with Gasteiger partial charge in [0.1, 0.15) is 11.6 Å². The molecule has 0 saturated carbocycles. The fourth-order valence-electron chi connectivity index (χ4n) is 4.34. The van der Waals surface area contributed by atoms with Gasteiger partial charge in [-0.25, -0.2) is 8.78 Å². The van der Waals surface area contributed by atoms with Crippen molar-refractivity contribution in [1.82, 2.24) is 10.2 Å². The van der Waals surface area contributed by atoms with Crippen LogP contribution in [0.25, 0.3) is 0 Å². The summed E-state index contributed by atoms with van der Waals surface area (Å²) >= 11 is 0. The van der Waals surface area contributed by atoms with Crippen LogP contribution in [0, 0.1) is 29.4 Å². The van der Waals surface area contributed by atoms with Gasteiger partial charge in [-0.1, -0.05) is 13.8 Å². The van der Waals surface area contributed by atoms with E-state index in [1.165, 1.54) is 6.07 Å². The van der Waals surface area contributed by atoms with Gasteiger partial charge in [-0.2, -0.15) is 0 Å². The first kappa shape index (κ1) is 30.8. The quantitative estimate of drug-likeness (QED) is 0.242. The molecule has 0 saturated heterocycles. The predicted octanol–water partition coefficient (Wildman–Crippen LogP) is 5.08. The van der Waals surface area contributed by atoms with Crippen molar-refractivity contribution in [2.45, 2.75) is 71.4 Å². The number of nitrogens with one attached hydrogen (secondary N) is 3. The number of hydrogen-bond acceptors (Lipinski definition) is 5. The molecular formula is C29H38F2N4O3. The maximum atomic E-state index is 13.8. The molecule has 0 fully saturated rings. The van der Waals surface area contributed by atoms with Crippen LogP contribution in [0.1, 0.15) is 77.8 Å². The number of amides is 2. The average molecular weight is 529 g/mol. The molecule has 0 spiro atoms. The monoisotopic (exact) mass is 528 g/mol. The zero-order chi connectivity index (χ0) is 28.2. The zero-order valence-corrected chi connectivity index (χ0v) is 22.3. The molecule has 0 heterocycles. The third-order valence-electron chi connectivity index (χ3n) is 6.11. The van der Waals surface area contributed by atoms with Crippen molar-refractivity contribution in [2.75, 3.05) is 13.1 Å². The lowest BCUT2D eigenvalue weighted by atomic mass is 9.96. The van der Waals surface area contributed by atoms with Crippen molar-refractivity contribution in [3.8, 4) is 0 Å². The van der Waals surface area contributed by atoms with E-state index in [0.717, 1.165) is 42.8 Å². The molecule has 0 aromatic heterocycles. The first-order valence-corrected chi connectivity index (χ1v) is 13.0. The van der Waals surface area contributed by atoms with Crippen molar-refractivity contribution < 1.29 is 23.5 Å². The van der Waals surface area contributed by atoms with Gasteiger partial charge in [-0.05, 0) is 80.5 Å². The molecule has 206 valence electrons. The van der Waals surface area contributed by atoms with Crippen LogP contribution in [-0.2, 0) is 6.42 Å². The maximum Gasteiger partial charge on any atom is 0.253 e. The van der Waals surface area contributed by atoms with Gasteiger partial charge in [0.05, 0.1) is 12.1 Å². The normalized spacial score (nSPS) is 12.5.